The Morgan fingerprint density at radius 1 is 1.50 bits per heavy atom. The summed E-state index contributed by atoms with van der Waals surface area (Å²) < 4.78 is 13.0. The van der Waals surface area contributed by atoms with E-state index in [0.29, 0.717) is 17.0 Å². The van der Waals surface area contributed by atoms with Crippen LogP contribution >= 0.6 is 11.6 Å². The predicted octanol–water partition coefficient (Wildman–Crippen LogP) is 3.63. The van der Waals surface area contributed by atoms with Crippen molar-refractivity contribution in [2.24, 2.45) is 5.92 Å². The van der Waals surface area contributed by atoms with Gasteiger partial charge in [0.15, 0.2) is 0 Å². The van der Waals surface area contributed by atoms with E-state index in [1.165, 1.54) is 6.92 Å². The van der Waals surface area contributed by atoms with Crippen LogP contribution in [0.3, 0.4) is 0 Å². The second kappa shape index (κ2) is 5.30. The number of carbonyl (C=O) groups is 1. The van der Waals surface area contributed by atoms with Gasteiger partial charge in [0, 0.05) is 5.02 Å². The maximum Gasteiger partial charge on any atom is 0.306 e. The quantitative estimate of drug-likeness (QED) is 0.878. The molecule has 0 aliphatic rings. The molecule has 88 valence electrons. The average molecular weight is 245 g/mol. The zero-order valence-corrected chi connectivity index (χ0v) is 9.96. The highest BCUT2D eigenvalue weighted by atomic mass is 35.5. The fraction of sp³-hybridized carbons (Fsp3) is 0.417. The third-order valence-corrected chi connectivity index (χ3v) is 2.84. The molecule has 0 radical (unpaired) electrons. The molecule has 1 aromatic carbocycles. The summed E-state index contributed by atoms with van der Waals surface area (Å²) in [5, 5.41) is 9.20. The highest BCUT2D eigenvalue weighted by Crippen LogP contribution is 2.25. The predicted molar refractivity (Wildman–Crippen MR) is 61.5 cm³/mol. The Kier molecular flexibility index (Phi) is 4.30. The second-order valence-corrected chi connectivity index (χ2v) is 4.32. The van der Waals surface area contributed by atoms with Crippen LogP contribution in [0, 0.1) is 5.92 Å². The van der Waals surface area contributed by atoms with Crippen LogP contribution in [0.5, 0.6) is 0 Å². The molecule has 16 heavy (non-hydrogen) atoms. The van der Waals surface area contributed by atoms with Crippen molar-refractivity contribution in [2.45, 2.75) is 26.4 Å². The lowest BCUT2D eigenvalue weighted by Gasteiger charge is -2.10. The van der Waals surface area contributed by atoms with E-state index in [-0.39, 0.29) is 0 Å². The van der Waals surface area contributed by atoms with E-state index in [9.17, 15) is 9.18 Å². The molecular formula is C12H14ClFO2. The summed E-state index contributed by atoms with van der Waals surface area (Å²) in [7, 11) is 0. The van der Waals surface area contributed by atoms with Gasteiger partial charge >= 0.3 is 5.97 Å². The topological polar surface area (TPSA) is 37.3 Å². The number of hydrogen-bond donors (Lipinski definition) is 1. The van der Waals surface area contributed by atoms with Crippen LogP contribution in [-0.4, -0.2) is 11.1 Å². The summed E-state index contributed by atoms with van der Waals surface area (Å²) in [4.78, 5) is 10.7. The molecule has 0 aromatic heterocycles. The first-order chi connectivity index (χ1) is 7.41. The maximum atomic E-state index is 13.0. The molecule has 2 nitrogen and oxygen atoms in total. The lowest BCUT2D eigenvalue weighted by atomic mass is 9.99. The van der Waals surface area contributed by atoms with Crippen molar-refractivity contribution in [3.63, 3.8) is 0 Å². The Morgan fingerprint density at radius 2 is 2.12 bits per heavy atom. The molecule has 1 rings (SSSR count). The summed E-state index contributed by atoms with van der Waals surface area (Å²) in [6.07, 6.45) is -0.710. The van der Waals surface area contributed by atoms with Gasteiger partial charge in [-0.15, -0.1) is 0 Å². The van der Waals surface area contributed by atoms with Crippen molar-refractivity contribution in [1.82, 2.24) is 0 Å². The molecule has 0 fully saturated rings. The molecule has 0 amide bonds. The van der Waals surface area contributed by atoms with Crippen LogP contribution < -0.4 is 0 Å². The first-order valence-electron chi connectivity index (χ1n) is 5.07. The van der Waals surface area contributed by atoms with Crippen molar-refractivity contribution in [3.8, 4) is 0 Å². The Morgan fingerprint density at radius 3 is 2.56 bits per heavy atom. The minimum atomic E-state index is -1.07. The molecule has 2 atom stereocenters. The Balaban J connectivity index is 2.87. The van der Waals surface area contributed by atoms with Crippen molar-refractivity contribution < 1.29 is 14.3 Å². The lowest BCUT2D eigenvalue weighted by Crippen LogP contribution is -2.12. The molecule has 0 saturated heterocycles. The number of hydrogen-bond acceptors (Lipinski definition) is 1. The van der Waals surface area contributed by atoms with Crippen LogP contribution in [0.1, 0.15) is 31.1 Å². The minimum Gasteiger partial charge on any atom is -0.481 e. The summed E-state index contributed by atoms with van der Waals surface area (Å²) in [5.74, 6) is -1.36. The van der Waals surface area contributed by atoms with Crippen molar-refractivity contribution in [2.75, 3.05) is 0 Å². The molecule has 0 aliphatic carbocycles. The van der Waals surface area contributed by atoms with Gasteiger partial charge in [0.05, 0.1) is 5.92 Å². The van der Waals surface area contributed by atoms with Gasteiger partial charge in [-0.05, 0) is 30.5 Å². The van der Waals surface area contributed by atoms with E-state index in [0.717, 1.165) is 5.56 Å². The summed E-state index contributed by atoms with van der Waals surface area (Å²) in [6.45, 7) is 3.05. The van der Waals surface area contributed by atoms with Gasteiger partial charge in [-0.1, -0.05) is 30.7 Å². The third kappa shape index (κ3) is 3.20. The van der Waals surface area contributed by atoms with Gasteiger partial charge in [0.2, 0.25) is 0 Å². The number of carboxylic acid groups (broad SMARTS) is 1. The molecule has 0 spiro atoms. The molecule has 2 unspecified atom stereocenters. The van der Waals surface area contributed by atoms with E-state index < -0.39 is 18.1 Å². The van der Waals surface area contributed by atoms with Crippen LogP contribution in [0.25, 0.3) is 0 Å². The molecule has 4 heteroatoms. The van der Waals surface area contributed by atoms with Gasteiger partial charge in [0.25, 0.3) is 0 Å². The maximum absolute atomic E-state index is 13.0. The van der Waals surface area contributed by atoms with Gasteiger partial charge in [0.1, 0.15) is 6.17 Å². The third-order valence-electron chi connectivity index (χ3n) is 2.48. The molecule has 0 bridgehead atoms. The Labute approximate surface area is 99.0 Å². The Bertz CT molecular complexity index is 391. The SMILES string of the molecule is CC(Cc1ccc(C(C)F)cc1Cl)C(=O)O. The Hall–Kier alpha value is -1.09. The number of aliphatic carboxylic acids is 1. The average Bonchev–Trinajstić information content (AvgIpc) is 2.20. The number of carboxylic acids is 1. The van der Waals surface area contributed by atoms with E-state index in [1.807, 2.05) is 0 Å². The van der Waals surface area contributed by atoms with Crippen LogP contribution in [0.2, 0.25) is 5.02 Å². The van der Waals surface area contributed by atoms with Gasteiger partial charge in [-0.3, -0.25) is 4.79 Å². The van der Waals surface area contributed by atoms with Crippen molar-refractivity contribution in [1.29, 1.82) is 0 Å². The van der Waals surface area contributed by atoms with Crippen LogP contribution in [0.4, 0.5) is 4.39 Å². The van der Waals surface area contributed by atoms with Gasteiger partial charge in [-0.25, -0.2) is 4.39 Å². The second-order valence-electron chi connectivity index (χ2n) is 3.91. The summed E-state index contributed by atoms with van der Waals surface area (Å²) >= 11 is 5.96. The van der Waals surface area contributed by atoms with E-state index in [2.05, 4.69) is 0 Å². The summed E-state index contributed by atoms with van der Waals surface area (Å²) in [6, 6.07) is 4.88. The first-order valence-corrected chi connectivity index (χ1v) is 5.44. The molecule has 0 saturated carbocycles. The molecule has 0 aliphatic heterocycles. The molecule has 1 aromatic rings. The van der Waals surface area contributed by atoms with Gasteiger partial charge < -0.3 is 5.11 Å². The van der Waals surface area contributed by atoms with Crippen LogP contribution in [0.15, 0.2) is 18.2 Å². The standard InChI is InChI=1S/C12H14ClFO2/c1-7(12(15)16)5-10-4-3-9(8(2)14)6-11(10)13/h3-4,6-8H,5H2,1-2H3,(H,15,16). The fourth-order valence-electron chi connectivity index (χ4n) is 1.39. The highest BCUT2D eigenvalue weighted by Gasteiger charge is 2.14. The molecule has 1 N–H and O–H groups in total. The number of rotatable bonds is 4. The zero-order chi connectivity index (χ0) is 12.3. The largest absolute Gasteiger partial charge is 0.481 e. The van der Waals surface area contributed by atoms with E-state index in [1.54, 1.807) is 25.1 Å². The zero-order valence-electron chi connectivity index (χ0n) is 9.21. The first kappa shape index (κ1) is 13.0. The number of alkyl halides is 1. The normalized spacial score (nSPS) is 14.5. The monoisotopic (exact) mass is 244 g/mol. The minimum absolute atomic E-state index is 0.356. The van der Waals surface area contributed by atoms with E-state index in [4.69, 9.17) is 16.7 Å². The highest BCUT2D eigenvalue weighted by molar-refractivity contribution is 6.31. The fourth-order valence-corrected chi connectivity index (χ4v) is 1.66. The molecular weight excluding hydrogens is 231 g/mol. The lowest BCUT2D eigenvalue weighted by molar-refractivity contribution is -0.141. The number of halogens is 2. The molecule has 0 heterocycles. The van der Waals surface area contributed by atoms with Crippen LogP contribution in [-0.2, 0) is 11.2 Å². The number of benzene rings is 1. The summed E-state index contributed by atoms with van der Waals surface area (Å²) in [5.41, 5.74) is 1.25. The van der Waals surface area contributed by atoms with Crippen molar-refractivity contribution in [3.05, 3.63) is 34.3 Å². The van der Waals surface area contributed by atoms with Gasteiger partial charge in [-0.2, -0.15) is 0 Å². The smallest absolute Gasteiger partial charge is 0.306 e. The van der Waals surface area contributed by atoms with Crippen molar-refractivity contribution >= 4 is 17.6 Å². The van der Waals surface area contributed by atoms with E-state index >= 15 is 0 Å².